The van der Waals surface area contributed by atoms with E-state index in [-0.39, 0.29) is 12.5 Å². The van der Waals surface area contributed by atoms with E-state index >= 15 is 0 Å². The van der Waals surface area contributed by atoms with Crippen LogP contribution in [0.15, 0.2) is 60.8 Å². The normalized spacial score (nSPS) is 11.9. The maximum absolute atomic E-state index is 12.5. The molecule has 1 amide bonds. The van der Waals surface area contributed by atoms with Crippen molar-refractivity contribution < 1.29 is 14.3 Å². The van der Waals surface area contributed by atoms with Gasteiger partial charge in [0.15, 0.2) is 0 Å². The molecule has 0 spiro atoms. The highest BCUT2D eigenvalue weighted by atomic mass is 16.5. The summed E-state index contributed by atoms with van der Waals surface area (Å²) in [5.74, 6) is -0.675. The minimum Gasteiger partial charge on any atom is -0.467 e. The molecule has 1 heterocycles. The number of carbonyl (C=O) groups is 2. The van der Waals surface area contributed by atoms with E-state index in [1.54, 1.807) is 0 Å². The molecule has 0 aliphatic carbocycles. The van der Waals surface area contributed by atoms with E-state index in [0.717, 1.165) is 22.0 Å². The van der Waals surface area contributed by atoms with Gasteiger partial charge in [-0.15, -0.1) is 0 Å². The summed E-state index contributed by atoms with van der Waals surface area (Å²) in [6.45, 7) is 2.19. The average molecular weight is 350 g/mol. The molecule has 5 heteroatoms. The Morgan fingerprint density at radius 1 is 1.08 bits per heavy atom. The van der Waals surface area contributed by atoms with Crippen LogP contribution < -0.4 is 5.32 Å². The van der Waals surface area contributed by atoms with Crippen LogP contribution in [-0.2, 0) is 27.3 Å². The predicted molar refractivity (Wildman–Crippen MR) is 101 cm³/mol. The Morgan fingerprint density at radius 3 is 2.58 bits per heavy atom. The van der Waals surface area contributed by atoms with Crippen LogP contribution in [-0.4, -0.2) is 29.6 Å². The third kappa shape index (κ3) is 3.94. The first-order valence-electron chi connectivity index (χ1n) is 8.54. The molecule has 0 bridgehead atoms. The lowest BCUT2D eigenvalue weighted by atomic mass is 10.1. The maximum Gasteiger partial charge on any atom is 0.328 e. The fraction of sp³-hybridized carbons (Fsp3) is 0.238. The zero-order valence-electron chi connectivity index (χ0n) is 14.9. The van der Waals surface area contributed by atoms with Crippen LogP contribution in [0.2, 0.25) is 0 Å². The first kappa shape index (κ1) is 17.7. The lowest BCUT2D eigenvalue weighted by molar-refractivity contribution is -0.145. The van der Waals surface area contributed by atoms with Crippen molar-refractivity contribution in [2.75, 3.05) is 7.11 Å². The lowest BCUT2D eigenvalue weighted by Gasteiger charge is -2.17. The van der Waals surface area contributed by atoms with Gasteiger partial charge in [0.1, 0.15) is 12.6 Å². The smallest absolute Gasteiger partial charge is 0.328 e. The Kier molecular flexibility index (Phi) is 5.37. The summed E-state index contributed by atoms with van der Waals surface area (Å²) >= 11 is 0. The fourth-order valence-electron chi connectivity index (χ4n) is 3.10. The van der Waals surface area contributed by atoms with Gasteiger partial charge in [-0.2, -0.15) is 0 Å². The van der Waals surface area contributed by atoms with Crippen molar-refractivity contribution in [1.82, 2.24) is 9.88 Å². The predicted octanol–water partition coefficient (Wildman–Crippen LogP) is 2.85. The van der Waals surface area contributed by atoms with Gasteiger partial charge in [-0.05, 0) is 30.2 Å². The number of nitrogens with zero attached hydrogens (tertiary/aromatic N) is 1. The molecule has 5 nitrogen and oxygen atoms in total. The zero-order valence-corrected chi connectivity index (χ0v) is 14.9. The van der Waals surface area contributed by atoms with Gasteiger partial charge in [0.25, 0.3) is 0 Å². The molecule has 0 saturated carbocycles. The van der Waals surface area contributed by atoms with Gasteiger partial charge in [0.05, 0.1) is 7.11 Å². The molecular formula is C21H22N2O3. The number of methoxy groups -OCH3 is 1. The summed E-state index contributed by atoms with van der Waals surface area (Å²) in [5, 5.41) is 3.92. The monoisotopic (exact) mass is 350 g/mol. The minimum atomic E-state index is -0.710. The summed E-state index contributed by atoms with van der Waals surface area (Å²) in [6, 6.07) is 16.8. The van der Waals surface area contributed by atoms with Gasteiger partial charge in [0, 0.05) is 23.5 Å². The molecule has 0 saturated heterocycles. The number of hydrogen-bond donors (Lipinski definition) is 1. The van der Waals surface area contributed by atoms with Crippen molar-refractivity contribution in [3.8, 4) is 0 Å². The van der Waals surface area contributed by atoms with E-state index in [1.165, 1.54) is 7.11 Å². The van der Waals surface area contributed by atoms with Gasteiger partial charge in [-0.1, -0.05) is 42.5 Å². The first-order valence-corrected chi connectivity index (χ1v) is 8.54. The van der Waals surface area contributed by atoms with Gasteiger partial charge in [-0.3, -0.25) is 4.79 Å². The lowest BCUT2D eigenvalue weighted by Crippen LogP contribution is -2.44. The van der Waals surface area contributed by atoms with E-state index < -0.39 is 12.0 Å². The molecule has 0 radical (unpaired) electrons. The molecule has 1 N–H and O–H groups in total. The quantitative estimate of drug-likeness (QED) is 0.696. The minimum absolute atomic E-state index is 0.148. The Morgan fingerprint density at radius 2 is 1.85 bits per heavy atom. The number of esters is 1. The molecule has 0 aliphatic rings. The van der Waals surface area contributed by atoms with Crippen molar-refractivity contribution in [2.45, 2.75) is 25.9 Å². The zero-order chi connectivity index (χ0) is 18.5. The number of fused-ring (bicyclic) bond motifs is 1. The standard InChI is InChI=1S/C21H22N2O3/c1-15-7-6-10-19-17(15)11-12-23(19)14-20(24)22-18(21(25)26-2)13-16-8-4-3-5-9-16/h3-12,18H,13-14H2,1-2H3,(H,22,24). The second-order valence-corrected chi connectivity index (χ2v) is 6.28. The number of hydrogen-bond acceptors (Lipinski definition) is 3. The summed E-state index contributed by atoms with van der Waals surface area (Å²) in [7, 11) is 1.33. The third-order valence-electron chi connectivity index (χ3n) is 4.45. The second kappa shape index (κ2) is 7.87. The summed E-state index contributed by atoms with van der Waals surface area (Å²) in [4.78, 5) is 24.6. The molecule has 1 atom stereocenters. The Hall–Kier alpha value is -3.08. The van der Waals surface area contributed by atoms with Crippen molar-refractivity contribution in [2.24, 2.45) is 0 Å². The second-order valence-electron chi connectivity index (χ2n) is 6.28. The highest BCUT2D eigenvalue weighted by Crippen LogP contribution is 2.19. The molecule has 0 fully saturated rings. The molecule has 1 aromatic heterocycles. The molecular weight excluding hydrogens is 328 g/mol. The number of benzene rings is 2. The number of amides is 1. The van der Waals surface area contributed by atoms with Gasteiger partial charge in [-0.25, -0.2) is 4.79 Å². The first-order chi connectivity index (χ1) is 12.6. The molecule has 3 aromatic rings. The van der Waals surface area contributed by atoms with E-state index in [9.17, 15) is 9.59 Å². The highest BCUT2D eigenvalue weighted by molar-refractivity contribution is 5.87. The van der Waals surface area contributed by atoms with Crippen molar-refractivity contribution in [3.05, 3.63) is 71.9 Å². The van der Waals surface area contributed by atoms with Gasteiger partial charge >= 0.3 is 5.97 Å². The average Bonchev–Trinajstić information content (AvgIpc) is 3.05. The molecule has 0 aliphatic heterocycles. The molecule has 134 valence electrons. The van der Waals surface area contributed by atoms with Crippen molar-refractivity contribution in [1.29, 1.82) is 0 Å². The fourth-order valence-corrected chi connectivity index (χ4v) is 3.10. The maximum atomic E-state index is 12.5. The summed E-state index contributed by atoms with van der Waals surface area (Å²) in [6.07, 6.45) is 2.28. The van der Waals surface area contributed by atoms with Crippen molar-refractivity contribution >= 4 is 22.8 Å². The number of ether oxygens (including phenoxy) is 1. The number of aryl methyl sites for hydroxylation is 1. The van der Waals surface area contributed by atoms with E-state index in [0.29, 0.717) is 6.42 Å². The SMILES string of the molecule is COC(=O)C(Cc1ccccc1)NC(=O)Cn1ccc2c(C)cccc21. The number of rotatable bonds is 6. The van der Waals surface area contributed by atoms with Crippen LogP contribution in [0.1, 0.15) is 11.1 Å². The summed E-state index contributed by atoms with van der Waals surface area (Å²) < 4.78 is 6.73. The van der Waals surface area contributed by atoms with Crippen LogP contribution in [0, 0.1) is 6.92 Å². The van der Waals surface area contributed by atoms with Gasteiger partial charge in [0.2, 0.25) is 5.91 Å². The third-order valence-corrected chi connectivity index (χ3v) is 4.45. The van der Waals surface area contributed by atoms with Crippen LogP contribution in [0.5, 0.6) is 0 Å². The van der Waals surface area contributed by atoms with E-state index in [4.69, 9.17) is 4.74 Å². The largest absolute Gasteiger partial charge is 0.467 e. The van der Waals surface area contributed by atoms with Crippen LogP contribution in [0.3, 0.4) is 0 Å². The molecule has 3 rings (SSSR count). The number of carbonyl (C=O) groups excluding carboxylic acids is 2. The van der Waals surface area contributed by atoms with Crippen LogP contribution in [0.4, 0.5) is 0 Å². The Bertz CT molecular complexity index is 915. The number of nitrogens with one attached hydrogen (secondary N) is 1. The van der Waals surface area contributed by atoms with E-state index in [1.807, 2.05) is 72.3 Å². The summed E-state index contributed by atoms with van der Waals surface area (Å²) in [5.41, 5.74) is 3.13. The van der Waals surface area contributed by atoms with E-state index in [2.05, 4.69) is 5.32 Å². The highest BCUT2D eigenvalue weighted by Gasteiger charge is 2.22. The molecule has 26 heavy (non-hydrogen) atoms. The Labute approximate surface area is 152 Å². The molecule has 2 aromatic carbocycles. The van der Waals surface area contributed by atoms with Crippen molar-refractivity contribution in [3.63, 3.8) is 0 Å². The van der Waals surface area contributed by atoms with Crippen LogP contribution >= 0.6 is 0 Å². The molecule has 1 unspecified atom stereocenters. The number of aromatic nitrogens is 1. The van der Waals surface area contributed by atoms with Crippen LogP contribution in [0.25, 0.3) is 10.9 Å². The van der Waals surface area contributed by atoms with Gasteiger partial charge < -0.3 is 14.6 Å². The topological polar surface area (TPSA) is 60.3 Å². The Balaban J connectivity index is 1.73.